The summed E-state index contributed by atoms with van der Waals surface area (Å²) in [5.41, 5.74) is 8.38. The molecule has 1 aliphatic heterocycles. The first-order chi connectivity index (χ1) is 39.9. The minimum Gasteiger partial charge on any atom is -0.361 e. The molecule has 0 atom stereocenters. The van der Waals surface area contributed by atoms with Crippen molar-refractivity contribution in [2.24, 2.45) is 14.1 Å². The topological polar surface area (TPSA) is 150 Å². The number of hydrogen-bond donors (Lipinski definition) is 0. The van der Waals surface area contributed by atoms with Gasteiger partial charge < -0.3 is 9.42 Å². The molecule has 8 rings (SSSR count). The summed E-state index contributed by atoms with van der Waals surface area (Å²) in [5.74, 6) is 5.01. The maximum atomic E-state index is 11.3. The van der Waals surface area contributed by atoms with Crippen molar-refractivity contribution >= 4 is 5.91 Å². The van der Waals surface area contributed by atoms with Crippen LogP contribution in [0.2, 0.25) is 0 Å². The van der Waals surface area contributed by atoms with Gasteiger partial charge in [0.05, 0.1) is 29.8 Å². The van der Waals surface area contributed by atoms with Gasteiger partial charge in [-0.2, -0.15) is 10.2 Å². The van der Waals surface area contributed by atoms with Crippen molar-refractivity contribution in [3.63, 3.8) is 0 Å². The number of nitrogens with zero attached hydrogens (tertiary/aromatic N) is 12. The number of likely N-dealkylation sites (N-methyl/N-ethyl adjacent to an activating group) is 1. The van der Waals surface area contributed by atoms with Crippen LogP contribution in [0.5, 0.6) is 0 Å². The van der Waals surface area contributed by atoms with Crippen molar-refractivity contribution in [1.82, 2.24) is 59.4 Å². The van der Waals surface area contributed by atoms with Gasteiger partial charge in [-0.3, -0.25) is 44.0 Å². The van der Waals surface area contributed by atoms with E-state index in [1.165, 1.54) is 16.7 Å². The van der Waals surface area contributed by atoms with Crippen LogP contribution in [0.4, 0.5) is 0 Å². The summed E-state index contributed by atoms with van der Waals surface area (Å²) in [6.45, 7) is 58.4. The highest BCUT2D eigenvalue weighted by Crippen LogP contribution is 2.15. The molecular formula is C72H132N12O2. The van der Waals surface area contributed by atoms with E-state index in [1.807, 2.05) is 203 Å². The number of rotatable bonds is 8. The van der Waals surface area contributed by atoms with E-state index < -0.39 is 0 Å². The van der Waals surface area contributed by atoms with Crippen molar-refractivity contribution in [3.8, 4) is 0 Å². The normalized spacial score (nSPS) is 10.7. The first-order valence-corrected chi connectivity index (χ1v) is 31.3. The molecular weight excluding hydrogens is 1060 g/mol. The number of aromatic nitrogens is 10. The fraction of sp³-hybridized carbons (Fsp3) is 0.597. The van der Waals surface area contributed by atoms with E-state index in [2.05, 4.69) is 162 Å². The van der Waals surface area contributed by atoms with E-state index in [4.69, 9.17) is 4.52 Å². The minimum atomic E-state index is 0. The predicted molar refractivity (Wildman–Crippen MR) is 376 cm³/mol. The molecule has 86 heavy (non-hydrogen) atoms. The summed E-state index contributed by atoms with van der Waals surface area (Å²) in [4.78, 5) is 35.5. The number of pyridine rings is 3. The molecule has 0 radical (unpaired) electrons. The number of carbonyl (C=O) groups excluding carboxylic acids is 1. The largest absolute Gasteiger partial charge is 0.361 e. The zero-order valence-corrected chi connectivity index (χ0v) is 59.0. The first-order valence-electron chi connectivity index (χ1n) is 31.3. The van der Waals surface area contributed by atoms with Crippen LogP contribution in [-0.4, -0.2) is 98.1 Å². The van der Waals surface area contributed by atoms with E-state index in [9.17, 15) is 4.79 Å². The summed E-state index contributed by atoms with van der Waals surface area (Å²) in [5, 5.41) is 12.1. The second kappa shape index (κ2) is 60.3. The molecule has 0 unspecified atom stereocenters. The Bertz CT molecular complexity index is 2150. The average molecular weight is 1200 g/mol. The molecule has 1 saturated heterocycles. The molecule has 7 aromatic rings. The highest BCUT2D eigenvalue weighted by atomic mass is 16.5. The maximum absolute atomic E-state index is 11.3. The summed E-state index contributed by atoms with van der Waals surface area (Å²) in [7, 11) is 5.85. The Hall–Kier alpha value is -6.41. The molecule has 14 heteroatoms. The van der Waals surface area contributed by atoms with Gasteiger partial charge >= 0.3 is 0 Å². The lowest BCUT2D eigenvalue weighted by atomic mass is 10.1. The van der Waals surface area contributed by atoms with E-state index in [0.29, 0.717) is 54.0 Å². The Labute approximate surface area is 530 Å². The second-order valence-corrected chi connectivity index (χ2v) is 20.7. The standard InChI is InChI=1S/C8H16N2O.3C8H11N.2C7H12N2.C7H10N2.C7H11NO.5C2H6.2CH4/c1-7(2)10-5-4-9(3)6-8(10)11;1-7(2)8-3-5-9-6-4-8;1-7(2)8-4-3-5-9-6-8;1-7(2)8-5-3-4-6-9-8;1-6(2)7-4-8-9(3)5-7;1-6(2)7-4-5-9(3)8-7;1-6(2)7-5-8-3-4-9-7;1-5(2)7-4-6(3)9-8-7;5*1-2;;/h7H,4-6H2,1-3H3;3*3-7H,1-2H3;2*4-6H,1-3H3;3-6H,1-2H3;4-5H,1-3H3;5*1-2H3;2*1H4. The van der Waals surface area contributed by atoms with Crippen LogP contribution in [0.15, 0.2) is 127 Å². The van der Waals surface area contributed by atoms with Crippen molar-refractivity contribution in [2.45, 2.75) is 249 Å². The monoisotopic (exact) mass is 1200 g/mol. The van der Waals surface area contributed by atoms with Crippen LogP contribution in [-0.2, 0) is 18.9 Å². The number of amides is 1. The Balaban J connectivity index is -0.000000162. The molecule has 14 nitrogen and oxygen atoms in total. The predicted octanol–water partition coefficient (Wildman–Crippen LogP) is 20.0. The van der Waals surface area contributed by atoms with Crippen molar-refractivity contribution in [2.75, 3.05) is 26.7 Å². The van der Waals surface area contributed by atoms with Crippen LogP contribution in [0.1, 0.15) is 282 Å². The quantitative estimate of drug-likeness (QED) is 0.143. The van der Waals surface area contributed by atoms with Crippen LogP contribution in [0, 0.1) is 6.92 Å². The average Bonchev–Trinajstić information content (AvgIpc) is 4.42. The van der Waals surface area contributed by atoms with Gasteiger partial charge in [0.2, 0.25) is 5.91 Å². The third-order valence-corrected chi connectivity index (χ3v) is 11.2. The minimum absolute atomic E-state index is 0. The SMILES string of the molecule is C.C.CC.CC.CC.CC.CC.CC(C)N1CCN(C)CC1=O.CC(C)c1ccccn1.CC(C)c1cccnc1.CC(C)c1ccn(C)n1.CC(C)c1ccncc1.CC(C)c1cnccn1.CC(C)c1cnn(C)c1.Cc1cc(C(C)C)no1. The summed E-state index contributed by atoms with van der Waals surface area (Å²) in [6, 6.07) is 18.5. The molecule has 1 aliphatic rings. The summed E-state index contributed by atoms with van der Waals surface area (Å²) < 4.78 is 8.53. The Kier molecular flexibility index (Phi) is 65.4. The number of aryl methyl sites for hydroxylation is 3. The van der Waals surface area contributed by atoms with E-state index in [0.717, 1.165) is 41.6 Å². The summed E-state index contributed by atoms with van der Waals surface area (Å²) in [6.07, 6.45) is 20.3. The van der Waals surface area contributed by atoms with Gasteiger partial charge in [0.25, 0.3) is 0 Å². The van der Waals surface area contributed by atoms with Gasteiger partial charge in [-0.1, -0.05) is 198 Å². The number of carbonyl (C=O) groups is 1. The third-order valence-electron chi connectivity index (χ3n) is 11.2. The second-order valence-electron chi connectivity index (χ2n) is 20.7. The van der Waals surface area contributed by atoms with Crippen LogP contribution in [0.25, 0.3) is 0 Å². The molecule has 492 valence electrons. The lowest BCUT2D eigenvalue weighted by Gasteiger charge is -2.34. The van der Waals surface area contributed by atoms with Gasteiger partial charge in [-0.05, 0) is 122 Å². The molecule has 0 aliphatic carbocycles. The van der Waals surface area contributed by atoms with Gasteiger partial charge in [-0.15, -0.1) is 0 Å². The lowest BCUT2D eigenvalue weighted by molar-refractivity contribution is -0.137. The van der Waals surface area contributed by atoms with Crippen LogP contribution < -0.4 is 0 Å². The molecule has 8 heterocycles. The van der Waals surface area contributed by atoms with Crippen LogP contribution >= 0.6 is 0 Å². The Morgan fingerprint density at radius 2 is 0.965 bits per heavy atom. The fourth-order valence-corrected chi connectivity index (χ4v) is 6.28. The summed E-state index contributed by atoms with van der Waals surface area (Å²) >= 11 is 0. The first kappa shape index (κ1) is 93.3. The van der Waals surface area contributed by atoms with E-state index in [1.54, 1.807) is 24.8 Å². The molecule has 7 aromatic heterocycles. The highest BCUT2D eigenvalue weighted by molar-refractivity contribution is 5.79. The molecule has 0 saturated carbocycles. The van der Waals surface area contributed by atoms with Gasteiger partial charge in [0.15, 0.2) is 0 Å². The molecule has 0 aromatic carbocycles. The highest BCUT2D eigenvalue weighted by Gasteiger charge is 2.23. The third kappa shape index (κ3) is 47.8. The zero-order chi connectivity index (χ0) is 65.8. The smallest absolute Gasteiger partial charge is 0.237 e. The van der Waals surface area contributed by atoms with Gasteiger partial charge in [0.1, 0.15) is 5.76 Å². The van der Waals surface area contributed by atoms with Crippen molar-refractivity contribution in [1.29, 1.82) is 0 Å². The molecule has 1 amide bonds. The Morgan fingerprint density at radius 3 is 1.23 bits per heavy atom. The fourth-order valence-electron chi connectivity index (χ4n) is 6.28. The van der Waals surface area contributed by atoms with Crippen molar-refractivity contribution < 1.29 is 9.32 Å². The maximum Gasteiger partial charge on any atom is 0.237 e. The zero-order valence-electron chi connectivity index (χ0n) is 59.0. The number of hydrogen-bond acceptors (Lipinski definition) is 11. The lowest BCUT2D eigenvalue weighted by Crippen LogP contribution is -2.51. The Morgan fingerprint density at radius 1 is 0.453 bits per heavy atom. The number of piperazine rings is 1. The molecule has 1 fully saturated rings. The van der Waals surface area contributed by atoms with Gasteiger partial charge in [-0.25, -0.2) is 0 Å². The van der Waals surface area contributed by atoms with E-state index >= 15 is 0 Å². The van der Waals surface area contributed by atoms with Crippen LogP contribution in [0.3, 0.4) is 0 Å². The van der Waals surface area contributed by atoms with E-state index in [-0.39, 0.29) is 20.8 Å². The van der Waals surface area contributed by atoms with Gasteiger partial charge in [0, 0.05) is 107 Å². The molecule has 0 bridgehead atoms. The molecule has 0 N–H and O–H groups in total. The molecule has 0 spiro atoms. The van der Waals surface area contributed by atoms with Crippen molar-refractivity contribution in [3.05, 3.63) is 168 Å².